The summed E-state index contributed by atoms with van der Waals surface area (Å²) in [5, 5.41) is 0. The van der Waals surface area contributed by atoms with Gasteiger partial charge in [0.1, 0.15) is 0 Å². The first kappa shape index (κ1) is 15.8. The molecular weight excluding hydrogens is 256 g/mol. The molecule has 1 aliphatic carbocycles. The van der Waals surface area contributed by atoms with E-state index in [-0.39, 0.29) is 0 Å². The van der Waals surface area contributed by atoms with Crippen molar-refractivity contribution in [2.75, 3.05) is 19.6 Å². The molecule has 0 aromatic rings. The van der Waals surface area contributed by atoms with Crippen molar-refractivity contribution in [1.29, 1.82) is 0 Å². The molecule has 2 saturated heterocycles. The van der Waals surface area contributed by atoms with Gasteiger partial charge in [-0.25, -0.2) is 0 Å². The van der Waals surface area contributed by atoms with Crippen molar-refractivity contribution in [3.8, 4) is 0 Å². The largest absolute Gasteiger partial charge is 0.298 e. The van der Waals surface area contributed by atoms with E-state index in [1.807, 2.05) is 0 Å². The fourth-order valence-corrected chi connectivity index (χ4v) is 5.27. The van der Waals surface area contributed by atoms with E-state index in [9.17, 15) is 0 Å². The summed E-state index contributed by atoms with van der Waals surface area (Å²) in [5.74, 6) is 0.783. The summed E-state index contributed by atoms with van der Waals surface area (Å²) in [7, 11) is 0. The topological polar surface area (TPSA) is 6.48 Å². The Labute approximate surface area is 132 Å². The van der Waals surface area contributed by atoms with Gasteiger partial charge < -0.3 is 0 Å². The van der Waals surface area contributed by atoms with E-state index in [2.05, 4.69) is 37.5 Å². The summed E-state index contributed by atoms with van der Waals surface area (Å²) in [6.07, 6.45) is 10.1. The van der Waals surface area contributed by atoms with Crippen LogP contribution < -0.4 is 0 Å². The van der Waals surface area contributed by atoms with E-state index in [0.29, 0.717) is 5.41 Å². The van der Waals surface area contributed by atoms with Gasteiger partial charge in [-0.2, -0.15) is 0 Å². The summed E-state index contributed by atoms with van der Waals surface area (Å²) in [6, 6.07) is 2.45. The van der Waals surface area contributed by atoms with Crippen LogP contribution in [0.15, 0.2) is 0 Å². The van der Waals surface area contributed by atoms with Crippen LogP contribution in [0.25, 0.3) is 0 Å². The summed E-state index contributed by atoms with van der Waals surface area (Å²) < 4.78 is 0. The molecule has 122 valence electrons. The standard InChI is InChI=1S/C19H36N2/c1-15(2)17-14-20-12-8-6-9-16(20)13-21(17)18-10-5-7-11-19(18,3)4/h15-18H,5-14H2,1-4H3. The van der Waals surface area contributed by atoms with Crippen molar-refractivity contribution >= 4 is 0 Å². The van der Waals surface area contributed by atoms with Gasteiger partial charge in [0.15, 0.2) is 0 Å². The summed E-state index contributed by atoms with van der Waals surface area (Å²) in [4.78, 5) is 5.79. The molecular formula is C19H36N2. The normalized spacial score (nSPS) is 38.4. The van der Waals surface area contributed by atoms with Crippen LogP contribution in [0, 0.1) is 11.3 Å². The van der Waals surface area contributed by atoms with Gasteiger partial charge in [-0.15, -0.1) is 0 Å². The molecule has 1 saturated carbocycles. The van der Waals surface area contributed by atoms with Crippen molar-refractivity contribution < 1.29 is 0 Å². The minimum Gasteiger partial charge on any atom is -0.298 e. The fraction of sp³-hybridized carbons (Fsp3) is 1.00. The Morgan fingerprint density at radius 1 is 0.952 bits per heavy atom. The number of hydrogen-bond donors (Lipinski definition) is 0. The van der Waals surface area contributed by atoms with Crippen LogP contribution in [0.4, 0.5) is 0 Å². The minimum absolute atomic E-state index is 0.516. The summed E-state index contributed by atoms with van der Waals surface area (Å²) in [5.41, 5.74) is 0.516. The van der Waals surface area contributed by atoms with Crippen LogP contribution in [-0.4, -0.2) is 47.6 Å². The third kappa shape index (κ3) is 3.17. The predicted octanol–water partition coefficient (Wildman–Crippen LogP) is 4.15. The van der Waals surface area contributed by atoms with Crippen molar-refractivity contribution in [3.63, 3.8) is 0 Å². The highest BCUT2D eigenvalue weighted by Crippen LogP contribution is 2.42. The van der Waals surface area contributed by atoms with Crippen molar-refractivity contribution in [3.05, 3.63) is 0 Å². The smallest absolute Gasteiger partial charge is 0.0250 e. The van der Waals surface area contributed by atoms with E-state index in [4.69, 9.17) is 0 Å². The molecule has 3 fully saturated rings. The Hall–Kier alpha value is -0.0800. The molecule has 3 atom stereocenters. The van der Waals surface area contributed by atoms with Gasteiger partial charge >= 0.3 is 0 Å². The van der Waals surface area contributed by atoms with E-state index in [1.54, 1.807) is 0 Å². The lowest BCUT2D eigenvalue weighted by atomic mass is 9.71. The van der Waals surface area contributed by atoms with Crippen molar-refractivity contribution in [1.82, 2.24) is 9.80 Å². The van der Waals surface area contributed by atoms with Crippen LogP contribution in [-0.2, 0) is 0 Å². The lowest BCUT2D eigenvalue weighted by Gasteiger charge is -2.56. The van der Waals surface area contributed by atoms with E-state index in [1.165, 1.54) is 64.6 Å². The van der Waals surface area contributed by atoms with Crippen LogP contribution in [0.5, 0.6) is 0 Å². The highest BCUT2D eigenvalue weighted by molar-refractivity contribution is 4.99. The molecule has 2 heteroatoms. The zero-order valence-corrected chi connectivity index (χ0v) is 14.8. The van der Waals surface area contributed by atoms with Crippen LogP contribution in [0.2, 0.25) is 0 Å². The zero-order valence-electron chi connectivity index (χ0n) is 14.8. The summed E-state index contributed by atoms with van der Waals surface area (Å²) >= 11 is 0. The first-order valence-corrected chi connectivity index (χ1v) is 9.49. The number of hydrogen-bond acceptors (Lipinski definition) is 2. The van der Waals surface area contributed by atoms with Gasteiger partial charge in [0, 0.05) is 31.2 Å². The second kappa shape index (κ2) is 6.20. The second-order valence-corrected chi connectivity index (χ2v) is 8.90. The van der Waals surface area contributed by atoms with Gasteiger partial charge in [0.25, 0.3) is 0 Å². The Kier molecular flexibility index (Phi) is 4.66. The van der Waals surface area contributed by atoms with Gasteiger partial charge in [-0.1, -0.05) is 47.0 Å². The quantitative estimate of drug-likeness (QED) is 0.754. The Morgan fingerprint density at radius 3 is 2.43 bits per heavy atom. The fourth-order valence-electron chi connectivity index (χ4n) is 5.27. The van der Waals surface area contributed by atoms with Gasteiger partial charge in [-0.05, 0) is 43.6 Å². The molecule has 0 spiro atoms. The number of piperazine rings is 1. The maximum absolute atomic E-state index is 2.97. The van der Waals surface area contributed by atoms with E-state index < -0.39 is 0 Å². The predicted molar refractivity (Wildman–Crippen MR) is 90.6 cm³/mol. The number of rotatable bonds is 2. The van der Waals surface area contributed by atoms with Gasteiger partial charge in [0.05, 0.1) is 0 Å². The van der Waals surface area contributed by atoms with Crippen molar-refractivity contribution in [2.45, 2.75) is 90.8 Å². The van der Waals surface area contributed by atoms with E-state index in [0.717, 1.165) is 24.0 Å². The average molecular weight is 293 g/mol. The Balaban J connectivity index is 1.80. The SMILES string of the molecule is CC(C)C1CN2CCCCC2CN1C1CCCCC1(C)C. The molecule has 0 amide bonds. The maximum atomic E-state index is 2.97. The third-order valence-electron chi connectivity index (χ3n) is 6.64. The van der Waals surface area contributed by atoms with Crippen molar-refractivity contribution in [2.24, 2.45) is 11.3 Å². The molecule has 0 N–H and O–H groups in total. The molecule has 3 rings (SSSR count). The molecule has 21 heavy (non-hydrogen) atoms. The summed E-state index contributed by atoms with van der Waals surface area (Å²) in [6.45, 7) is 14.0. The Morgan fingerprint density at radius 2 is 1.71 bits per heavy atom. The van der Waals surface area contributed by atoms with Gasteiger partial charge in [0.2, 0.25) is 0 Å². The monoisotopic (exact) mass is 292 g/mol. The highest BCUT2D eigenvalue weighted by atomic mass is 15.3. The number of piperidine rings is 1. The lowest BCUT2D eigenvalue weighted by Crippen LogP contribution is -2.65. The second-order valence-electron chi connectivity index (χ2n) is 8.90. The number of nitrogens with zero attached hydrogens (tertiary/aromatic N) is 2. The molecule has 2 heterocycles. The maximum Gasteiger partial charge on any atom is 0.0250 e. The third-order valence-corrected chi connectivity index (χ3v) is 6.64. The van der Waals surface area contributed by atoms with Gasteiger partial charge in [-0.3, -0.25) is 9.80 Å². The molecule has 0 aromatic carbocycles. The molecule has 0 aromatic heterocycles. The Bertz CT molecular complexity index is 349. The minimum atomic E-state index is 0.516. The molecule has 0 bridgehead atoms. The van der Waals surface area contributed by atoms with Crippen LogP contribution >= 0.6 is 0 Å². The van der Waals surface area contributed by atoms with Crippen LogP contribution in [0.3, 0.4) is 0 Å². The zero-order chi connectivity index (χ0) is 15.0. The molecule has 3 unspecified atom stereocenters. The van der Waals surface area contributed by atoms with E-state index >= 15 is 0 Å². The van der Waals surface area contributed by atoms with Crippen LogP contribution in [0.1, 0.15) is 72.6 Å². The first-order valence-electron chi connectivity index (χ1n) is 9.49. The molecule has 2 nitrogen and oxygen atoms in total. The lowest BCUT2D eigenvalue weighted by molar-refractivity contribution is -0.0691. The molecule has 2 aliphatic heterocycles. The molecule has 3 aliphatic rings. The number of fused-ring (bicyclic) bond motifs is 1. The first-order chi connectivity index (χ1) is 9.99. The molecule has 0 radical (unpaired) electrons. The highest BCUT2D eigenvalue weighted by Gasteiger charge is 2.44. The average Bonchev–Trinajstić information content (AvgIpc) is 2.45.